The second kappa shape index (κ2) is 10.1. The summed E-state index contributed by atoms with van der Waals surface area (Å²) in [5, 5.41) is 17.6. The molecule has 6 rings (SSSR count). The lowest BCUT2D eigenvalue weighted by Crippen LogP contribution is -2.53. The minimum atomic E-state index is -1.32. The predicted molar refractivity (Wildman–Crippen MR) is 152 cm³/mol. The van der Waals surface area contributed by atoms with Crippen LogP contribution in [-0.2, 0) is 6.42 Å². The van der Waals surface area contributed by atoms with Gasteiger partial charge < -0.3 is 20.1 Å². The number of hydrogen-bond donors (Lipinski definition) is 2. The van der Waals surface area contributed by atoms with Crippen molar-refractivity contribution in [3.8, 4) is 16.3 Å². The number of amides is 2. The van der Waals surface area contributed by atoms with E-state index in [0.717, 1.165) is 32.5 Å². The Kier molecular flexibility index (Phi) is 6.74. The van der Waals surface area contributed by atoms with Gasteiger partial charge in [0.05, 0.1) is 30.1 Å². The summed E-state index contributed by atoms with van der Waals surface area (Å²) in [6, 6.07) is 7.24. The molecule has 0 bridgehead atoms. The number of piperidine rings is 1. The van der Waals surface area contributed by atoms with Crippen LogP contribution in [0.4, 0.5) is 9.18 Å². The fourth-order valence-electron chi connectivity index (χ4n) is 5.60. The molecule has 4 aromatic rings. The van der Waals surface area contributed by atoms with Crippen LogP contribution in [0.1, 0.15) is 40.7 Å². The Morgan fingerprint density at radius 3 is 2.82 bits per heavy atom. The first kappa shape index (κ1) is 26.1. The Morgan fingerprint density at radius 1 is 1.31 bits per heavy atom. The molecular weight excluding hydrogens is 587 g/mol. The maximum Gasteiger partial charge on any atom is 0.404 e. The van der Waals surface area contributed by atoms with Gasteiger partial charge in [0.15, 0.2) is 0 Å². The van der Waals surface area contributed by atoms with Crippen LogP contribution in [0, 0.1) is 12.8 Å². The molecule has 4 heterocycles. The molecule has 2 aliphatic rings. The minimum Gasteiger partial charge on any atom is -0.494 e. The lowest BCUT2D eigenvalue weighted by molar-refractivity contribution is 0.0577. The number of thiophene rings is 1. The summed E-state index contributed by atoms with van der Waals surface area (Å²) < 4.78 is 24.1. The van der Waals surface area contributed by atoms with Crippen LogP contribution in [0.15, 0.2) is 34.9 Å². The molecule has 1 saturated carbocycles. The van der Waals surface area contributed by atoms with E-state index in [-0.39, 0.29) is 19.5 Å². The largest absolute Gasteiger partial charge is 0.494 e. The van der Waals surface area contributed by atoms with Crippen molar-refractivity contribution in [3.05, 3.63) is 51.6 Å². The summed E-state index contributed by atoms with van der Waals surface area (Å²) in [4.78, 5) is 27.0. The van der Waals surface area contributed by atoms with Gasteiger partial charge in [0.1, 0.15) is 23.1 Å². The Bertz CT molecular complexity index is 1610. The lowest BCUT2D eigenvalue weighted by atomic mass is 10.0. The smallest absolute Gasteiger partial charge is 0.404 e. The average molecular weight is 616 g/mol. The van der Waals surface area contributed by atoms with Crippen LogP contribution in [0.5, 0.6) is 5.75 Å². The first-order valence-corrected chi connectivity index (χ1v) is 14.5. The standard InChI is InChI=1S/C28H28BrFN4O4S/c1-14-24(26-19(8-15-6-7-15)23-20(29)4-3-5-22(23)39-26)32-34-11-16(9-21(38-2)25(14)34)27(35)33-12-17(30)10-18(13-33)31-28(36)37/h3-5,9,11,15,17-18,31H,6-8,10,12-13H2,1-2H3,(H,36,37)/t17-,18-/m1/s1. The Labute approximate surface area is 236 Å². The first-order valence-electron chi connectivity index (χ1n) is 12.9. The second-order valence-corrected chi connectivity index (χ2v) is 12.3. The first-order chi connectivity index (χ1) is 18.7. The van der Waals surface area contributed by atoms with Gasteiger partial charge in [-0.2, -0.15) is 5.10 Å². The molecule has 2 atom stereocenters. The maximum absolute atomic E-state index is 14.4. The van der Waals surface area contributed by atoms with Crippen molar-refractivity contribution >= 4 is 54.9 Å². The van der Waals surface area contributed by atoms with E-state index in [1.165, 1.54) is 33.4 Å². The number of carbonyl (C=O) groups excluding carboxylic acids is 1. The van der Waals surface area contributed by atoms with Crippen molar-refractivity contribution < 1.29 is 23.8 Å². The topological polar surface area (TPSA) is 96.2 Å². The van der Waals surface area contributed by atoms with Gasteiger partial charge in [-0.15, -0.1) is 11.3 Å². The number of fused-ring (bicyclic) bond motifs is 2. The van der Waals surface area contributed by atoms with Crippen LogP contribution < -0.4 is 10.1 Å². The number of ether oxygens (including phenoxy) is 1. The number of nitrogens with one attached hydrogen (secondary N) is 1. The van der Waals surface area contributed by atoms with E-state index in [2.05, 4.69) is 33.4 Å². The van der Waals surface area contributed by atoms with Crippen molar-refractivity contribution in [2.75, 3.05) is 20.2 Å². The number of nitrogens with zero attached hydrogens (tertiary/aromatic N) is 3. The van der Waals surface area contributed by atoms with E-state index in [1.807, 2.05) is 13.0 Å². The van der Waals surface area contributed by atoms with Gasteiger partial charge in [0.25, 0.3) is 5.91 Å². The number of benzene rings is 1. The monoisotopic (exact) mass is 614 g/mol. The second-order valence-electron chi connectivity index (χ2n) is 10.4. The SMILES string of the molecule is COc1cc(C(=O)N2C[C@H](F)C[C@@H](NC(=O)O)C2)cn2nc(-c3sc4cccc(Br)c4c3CC3CC3)c(C)c12. The number of alkyl halides is 1. The van der Waals surface area contributed by atoms with Crippen molar-refractivity contribution in [2.24, 2.45) is 5.92 Å². The van der Waals surface area contributed by atoms with Gasteiger partial charge in [0.2, 0.25) is 0 Å². The highest BCUT2D eigenvalue weighted by atomic mass is 79.9. The van der Waals surface area contributed by atoms with E-state index in [0.29, 0.717) is 17.2 Å². The van der Waals surface area contributed by atoms with Crippen molar-refractivity contribution in [1.29, 1.82) is 0 Å². The summed E-state index contributed by atoms with van der Waals surface area (Å²) >= 11 is 5.48. The number of hydrogen-bond acceptors (Lipinski definition) is 5. The highest BCUT2D eigenvalue weighted by Gasteiger charge is 2.33. The van der Waals surface area contributed by atoms with Gasteiger partial charge >= 0.3 is 6.09 Å². The third-order valence-corrected chi connectivity index (χ3v) is 9.44. The molecule has 3 aromatic heterocycles. The van der Waals surface area contributed by atoms with Gasteiger partial charge in [0, 0.05) is 39.3 Å². The minimum absolute atomic E-state index is 0.0363. The molecule has 1 aliphatic carbocycles. The summed E-state index contributed by atoms with van der Waals surface area (Å²) in [7, 11) is 1.55. The summed E-state index contributed by atoms with van der Waals surface area (Å²) in [6.45, 7) is 2.01. The van der Waals surface area contributed by atoms with E-state index < -0.39 is 24.2 Å². The number of aryl methyl sites for hydroxylation is 1. The maximum atomic E-state index is 14.4. The van der Waals surface area contributed by atoms with Crippen LogP contribution in [-0.4, -0.2) is 64.0 Å². The van der Waals surface area contributed by atoms with Crippen molar-refractivity contribution in [3.63, 3.8) is 0 Å². The molecule has 0 spiro atoms. The van der Waals surface area contributed by atoms with E-state index >= 15 is 0 Å². The zero-order valence-electron chi connectivity index (χ0n) is 21.5. The van der Waals surface area contributed by atoms with Crippen LogP contribution in [0.2, 0.25) is 0 Å². The van der Waals surface area contributed by atoms with E-state index in [4.69, 9.17) is 14.9 Å². The third kappa shape index (κ3) is 4.86. The summed E-state index contributed by atoms with van der Waals surface area (Å²) in [6.07, 6.45) is 2.61. The van der Waals surface area contributed by atoms with Gasteiger partial charge in [-0.3, -0.25) is 4.79 Å². The molecule has 0 unspecified atom stereocenters. The molecule has 39 heavy (non-hydrogen) atoms. The number of methoxy groups -OCH3 is 1. The van der Waals surface area contributed by atoms with Gasteiger partial charge in [-0.05, 0) is 55.9 Å². The normalized spacial score (nSPS) is 19.5. The average Bonchev–Trinajstić information content (AvgIpc) is 3.55. The number of carbonyl (C=O) groups is 2. The zero-order valence-corrected chi connectivity index (χ0v) is 23.9. The molecule has 8 nitrogen and oxygen atoms in total. The van der Waals surface area contributed by atoms with Crippen molar-refractivity contribution in [2.45, 2.75) is 44.8 Å². The number of likely N-dealkylation sites (tertiary alicyclic amines) is 1. The predicted octanol–water partition coefficient (Wildman–Crippen LogP) is 6.07. The highest BCUT2D eigenvalue weighted by molar-refractivity contribution is 9.10. The third-order valence-electron chi connectivity index (χ3n) is 7.58. The van der Waals surface area contributed by atoms with E-state index in [9.17, 15) is 14.0 Å². The van der Waals surface area contributed by atoms with Crippen LogP contribution in [0.3, 0.4) is 0 Å². The summed E-state index contributed by atoms with van der Waals surface area (Å²) in [5.74, 6) is 0.787. The molecule has 11 heteroatoms. The number of aromatic nitrogens is 2. The van der Waals surface area contributed by atoms with Crippen LogP contribution in [0.25, 0.3) is 26.2 Å². The number of carboxylic acid groups (broad SMARTS) is 1. The molecule has 2 amide bonds. The van der Waals surface area contributed by atoms with Gasteiger partial charge in [-0.1, -0.05) is 22.0 Å². The molecule has 204 valence electrons. The number of halogens is 2. The molecule has 1 aromatic carbocycles. The number of pyridine rings is 1. The van der Waals surface area contributed by atoms with Crippen molar-refractivity contribution in [1.82, 2.24) is 19.8 Å². The molecule has 1 aliphatic heterocycles. The Morgan fingerprint density at radius 2 is 2.10 bits per heavy atom. The van der Waals surface area contributed by atoms with E-state index in [1.54, 1.807) is 35.2 Å². The molecule has 1 saturated heterocycles. The summed E-state index contributed by atoms with van der Waals surface area (Å²) in [5.41, 5.74) is 4.18. The lowest BCUT2D eigenvalue weighted by Gasteiger charge is -2.34. The fraction of sp³-hybridized carbons (Fsp3) is 0.393. The number of rotatable bonds is 6. The molecule has 0 radical (unpaired) electrons. The molecule has 2 fully saturated rings. The highest BCUT2D eigenvalue weighted by Crippen LogP contribution is 2.47. The quantitative estimate of drug-likeness (QED) is 0.275. The van der Waals surface area contributed by atoms with Gasteiger partial charge in [-0.25, -0.2) is 13.7 Å². The van der Waals surface area contributed by atoms with Crippen LogP contribution >= 0.6 is 27.3 Å². The fourth-order valence-corrected chi connectivity index (χ4v) is 7.64. The Balaban J connectivity index is 1.42. The zero-order chi connectivity index (χ0) is 27.4. The molecule has 2 N–H and O–H groups in total. The Hall–Kier alpha value is -3.18. The molecular formula is C28H28BrFN4O4S.